The predicted molar refractivity (Wildman–Crippen MR) is 66.4 cm³/mol. The third-order valence-electron chi connectivity index (χ3n) is 1.99. The Morgan fingerprint density at radius 3 is 2.28 bits per heavy atom. The van der Waals surface area contributed by atoms with Gasteiger partial charge < -0.3 is 18.9 Å². The van der Waals surface area contributed by atoms with E-state index < -0.39 is 6.16 Å². The average Bonchev–Trinajstić information content (AvgIpc) is 2.34. The molecule has 0 aliphatic rings. The molecule has 0 fully saturated rings. The van der Waals surface area contributed by atoms with Crippen LogP contribution in [0.2, 0.25) is 0 Å². The maximum atomic E-state index is 11.3. The molecule has 0 aliphatic carbocycles. The Bertz CT molecular complexity index is 389. The number of carbonyl (C=O) groups excluding carboxylic acids is 1. The van der Waals surface area contributed by atoms with E-state index in [1.54, 1.807) is 25.1 Å². The van der Waals surface area contributed by atoms with Crippen molar-refractivity contribution in [3.63, 3.8) is 0 Å². The lowest BCUT2D eigenvalue weighted by Gasteiger charge is -2.14. The van der Waals surface area contributed by atoms with Gasteiger partial charge in [0.1, 0.15) is 0 Å². The van der Waals surface area contributed by atoms with Crippen LogP contribution in [0, 0.1) is 0 Å². The number of rotatable bonds is 6. The zero-order chi connectivity index (χ0) is 13.4. The fraction of sp³-hybridized carbons (Fsp3) is 0.462. The van der Waals surface area contributed by atoms with Crippen LogP contribution in [0.3, 0.4) is 0 Å². The van der Waals surface area contributed by atoms with E-state index >= 15 is 0 Å². The van der Waals surface area contributed by atoms with Gasteiger partial charge in [0.2, 0.25) is 5.75 Å². The Morgan fingerprint density at radius 2 is 1.67 bits per heavy atom. The smallest absolute Gasteiger partial charge is 0.490 e. The SMILES string of the molecule is CCOC(=O)Oc1cccc(OCC)c1OCC. The summed E-state index contributed by atoms with van der Waals surface area (Å²) in [6, 6.07) is 5.11. The Labute approximate surface area is 107 Å². The van der Waals surface area contributed by atoms with E-state index in [0.717, 1.165) is 0 Å². The van der Waals surface area contributed by atoms with Crippen LogP contribution < -0.4 is 14.2 Å². The van der Waals surface area contributed by atoms with Crippen LogP contribution in [-0.4, -0.2) is 26.0 Å². The molecule has 5 heteroatoms. The number of benzene rings is 1. The largest absolute Gasteiger partial charge is 0.513 e. The van der Waals surface area contributed by atoms with Crippen molar-refractivity contribution in [1.29, 1.82) is 0 Å². The van der Waals surface area contributed by atoms with E-state index in [9.17, 15) is 4.79 Å². The lowest BCUT2D eigenvalue weighted by molar-refractivity contribution is 0.102. The van der Waals surface area contributed by atoms with Gasteiger partial charge in [0.15, 0.2) is 11.5 Å². The first-order valence-corrected chi connectivity index (χ1v) is 5.96. The lowest BCUT2D eigenvalue weighted by Crippen LogP contribution is -2.11. The molecule has 0 atom stereocenters. The minimum Gasteiger partial charge on any atom is -0.490 e. The van der Waals surface area contributed by atoms with E-state index in [1.807, 2.05) is 13.8 Å². The Kier molecular flexibility index (Phi) is 5.84. The monoisotopic (exact) mass is 254 g/mol. The van der Waals surface area contributed by atoms with Crippen LogP contribution in [0.4, 0.5) is 4.79 Å². The molecule has 100 valence electrons. The van der Waals surface area contributed by atoms with Crippen molar-refractivity contribution in [1.82, 2.24) is 0 Å². The molecular weight excluding hydrogens is 236 g/mol. The molecule has 1 aromatic rings. The summed E-state index contributed by atoms with van der Waals surface area (Å²) >= 11 is 0. The molecule has 0 N–H and O–H groups in total. The van der Waals surface area contributed by atoms with Crippen molar-refractivity contribution < 1.29 is 23.7 Å². The first-order valence-electron chi connectivity index (χ1n) is 5.96. The zero-order valence-corrected chi connectivity index (χ0v) is 10.9. The van der Waals surface area contributed by atoms with Crippen LogP contribution in [0.25, 0.3) is 0 Å². The van der Waals surface area contributed by atoms with Gasteiger partial charge in [0, 0.05) is 0 Å². The van der Waals surface area contributed by atoms with Gasteiger partial charge in [-0.25, -0.2) is 4.79 Å². The summed E-state index contributed by atoms with van der Waals surface area (Å²) in [5, 5.41) is 0. The van der Waals surface area contributed by atoms with Gasteiger partial charge in [-0.2, -0.15) is 0 Å². The summed E-state index contributed by atoms with van der Waals surface area (Å²) in [6.07, 6.45) is -0.757. The molecule has 0 heterocycles. The van der Waals surface area contributed by atoms with E-state index in [0.29, 0.717) is 30.5 Å². The molecule has 0 radical (unpaired) electrons. The van der Waals surface area contributed by atoms with Crippen molar-refractivity contribution in [2.75, 3.05) is 19.8 Å². The van der Waals surface area contributed by atoms with E-state index in [1.165, 1.54) is 0 Å². The highest BCUT2D eigenvalue weighted by molar-refractivity contribution is 5.66. The summed E-state index contributed by atoms with van der Waals surface area (Å²) in [5.41, 5.74) is 0. The summed E-state index contributed by atoms with van der Waals surface area (Å²) < 4.78 is 20.6. The second kappa shape index (κ2) is 7.42. The standard InChI is InChI=1S/C13H18O5/c1-4-15-10-8-7-9-11(12(10)16-5-2)18-13(14)17-6-3/h7-9H,4-6H2,1-3H3. The highest BCUT2D eigenvalue weighted by atomic mass is 16.7. The third kappa shape index (κ3) is 3.84. The van der Waals surface area contributed by atoms with Gasteiger partial charge in [-0.1, -0.05) is 6.07 Å². The third-order valence-corrected chi connectivity index (χ3v) is 1.99. The average molecular weight is 254 g/mol. The molecule has 0 amide bonds. The summed E-state index contributed by atoms with van der Waals surface area (Å²) in [6.45, 7) is 6.63. The quantitative estimate of drug-likeness (QED) is 0.577. The molecule has 18 heavy (non-hydrogen) atoms. The Hall–Kier alpha value is -1.91. The number of para-hydroxylation sites is 1. The molecule has 0 saturated heterocycles. The normalized spacial score (nSPS) is 9.72. The van der Waals surface area contributed by atoms with E-state index in [-0.39, 0.29) is 6.61 Å². The van der Waals surface area contributed by atoms with Crippen molar-refractivity contribution in [2.45, 2.75) is 20.8 Å². The van der Waals surface area contributed by atoms with Crippen molar-refractivity contribution in [3.05, 3.63) is 18.2 Å². The van der Waals surface area contributed by atoms with Crippen molar-refractivity contribution >= 4 is 6.16 Å². The zero-order valence-electron chi connectivity index (χ0n) is 10.9. The number of hydrogen-bond donors (Lipinski definition) is 0. The molecule has 0 saturated carbocycles. The maximum Gasteiger partial charge on any atom is 0.513 e. The lowest BCUT2D eigenvalue weighted by atomic mass is 10.3. The van der Waals surface area contributed by atoms with Gasteiger partial charge in [-0.05, 0) is 32.9 Å². The molecule has 0 spiro atoms. The summed E-state index contributed by atoms with van der Waals surface area (Å²) in [7, 11) is 0. The second-order valence-corrected chi connectivity index (χ2v) is 3.23. The summed E-state index contributed by atoms with van der Waals surface area (Å²) in [4.78, 5) is 11.3. The Balaban J connectivity index is 2.94. The van der Waals surface area contributed by atoms with Crippen LogP contribution in [-0.2, 0) is 4.74 Å². The minimum atomic E-state index is -0.757. The predicted octanol–water partition coefficient (Wildman–Crippen LogP) is 3.02. The first-order chi connectivity index (χ1) is 8.72. The first kappa shape index (κ1) is 14.2. The van der Waals surface area contributed by atoms with Crippen LogP contribution in [0.1, 0.15) is 20.8 Å². The number of hydrogen-bond acceptors (Lipinski definition) is 5. The highest BCUT2D eigenvalue weighted by Gasteiger charge is 2.15. The van der Waals surface area contributed by atoms with Gasteiger partial charge in [-0.3, -0.25) is 0 Å². The van der Waals surface area contributed by atoms with Gasteiger partial charge >= 0.3 is 6.16 Å². The van der Waals surface area contributed by atoms with Gasteiger partial charge in [0.25, 0.3) is 0 Å². The maximum absolute atomic E-state index is 11.3. The van der Waals surface area contributed by atoms with Gasteiger partial charge in [-0.15, -0.1) is 0 Å². The second-order valence-electron chi connectivity index (χ2n) is 3.23. The van der Waals surface area contributed by atoms with Gasteiger partial charge in [0.05, 0.1) is 19.8 Å². The molecule has 0 aromatic heterocycles. The molecule has 1 aromatic carbocycles. The molecule has 5 nitrogen and oxygen atoms in total. The van der Waals surface area contributed by atoms with Crippen LogP contribution in [0.15, 0.2) is 18.2 Å². The van der Waals surface area contributed by atoms with E-state index in [4.69, 9.17) is 18.9 Å². The highest BCUT2D eigenvalue weighted by Crippen LogP contribution is 2.37. The fourth-order valence-electron chi connectivity index (χ4n) is 1.37. The molecule has 1 rings (SSSR count). The fourth-order valence-corrected chi connectivity index (χ4v) is 1.37. The Morgan fingerprint density at radius 1 is 1.00 bits per heavy atom. The number of carbonyl (C=O) groups is 1. The summed E-state index contributed by atoms with van der Waals surface area (Å²) in [5.74, 6) is 1.25. The minimum absolute atomic E-state index is 0.258. The topological polar surface area (TPSA) is 54.0 Å². The van der Waals surface area contributed by atoms with Crippen LogP contribution in [0.5, 0.6) is 17.2 Å². The number of ether oxygens (including phenoxy) is 4. The van der Waals surface area contributed by atoms with Crippen molar-refractivity contribution in [3.8, 4) is 17.2 Å². The van der Waals surface area contributed by atoms with Crippen LogP contribution >= 0.6 is 0 Å². The molecule has 0 bridgehead atoms. The molecule has 0 unspecified atom stereocenters. The van der Waals surface area contributed by atoms with Crippen molar-refractivity contribution in [2.24, 2.45) is 0 Å². The molecular formula is C13H18O5. The molecule has 0 aliphatic heterocycles. The van der Waals surface area contributed by atoms with E-state index in [2.05, 4.69) is 0 Å².